The number of benzene rings is 1. The van der Waals surface area contributed by atoms with Gasteiger partial charge in [-0.15, -0.1) is 0 Å². The summed E-state index contributed by atoms with van der Waals surface area (Å²) in [6, 6.07) is 9.05. The molecule has 0 bridgehead atoms. The summed E-state index contributed by atoms with van der Waals surface area (Å²) in [6.45, 7) is 6.89. The molecule has 1 aromatic rings. The Morgan fingerprint density at radius 2 is 2.25 bits per heavy atom. The van der Waals surface area contributed by atoms with Gasteiger partial charge in [-0.05, 0) is 63.5 Å². The maximum absolute atomic E-state index is 5.24. The maximum atomic E-state index is 5.24. The van der Waals surface area contributed by atoms with Gasteiger partial charge in [0.1, 0.15) is 5.75 Å². The van der Waals surface area contributed by atoms with Gasteiger partial charge < -0.3 is 15.0 Å². The van der Waals surface area contributed by atoms with E-state index in [1.807, 2.05) is 12.1 Å². The Morgan fingerprint density at radius 1 is 1.35 bits per heavy atom. The number of nitrogens with one attached hydrogen (secondary N) is 1. The monoisotopic (exact) mass is 276 g/mol. The quantitative estimate of drug-likeness (QED) is 0.775. The number of hydrogen-bond donors (Lipinski definition) is 1. The molecule has 0 radical (unpaired) electrons. The van der Waals surface area contributed by atoms with Crippen LogP contribution in [0.3, 0.4) is 0 Å². The molecule has 112 valence electrons. The molecule has 20 heavy (non-hydrogen) atoms. The maximum Gasteiger partial charge on any atom is 0.119 e. The van der Waals surface area contributed by atoms with E-state index in [1.165, 1.54) is 44.3 Å². The first-order valence-corrected chi connectivity index (χ1v) is 7.87. The molecule has 1 N–H and O–H groups in total. The van der Waals surface area contributed by atoms with Gasteiger partial charge in [0.2, 0.25) is 0 Å². The van der Waals surface area contributed by atoms with Crippen molar-refractivity contribution < 1.29 is 4.74 Å². The molecule has 1 heterocycles. The van der Waals surface area contributed by atoms with Crippen molar-refractivity contribution in [2.75, 3.05) is 26.7 Å². The number of methoxy groups -OCH3 is 1. The predicted molar refractivity (Wildman–Crippen MR) is 84.2 cm³/mol. The smallest absolute Gasteiger partial charge is 0.119 e. The average Bonchev–Trinajstić information content (AvgIpc) is 2.49. The van der Waals surface area contributed by atoms with E-state index >= 15 is 0 Å². The van der Waals surface area contributed by atoms with Gasteiger partial charge in [0.05, 0.1) is 7.11 Å². The van der Waals surface area contributed by atoms with Gasteiger partial charge in [-0.25, -0.2) is 0 Å². The molecule has 0 saturated carbocycles. The molecule has 0 unspecified atom stereocenters. The highest BCUT2D eigenvalue weighted by Crippen LogP contribution is 2.16. The van der Waals surface area contributed by atoms with E-state index < -0.39 is 0 Å². The van der Waals surface area contributed by atoms with Gasteiger partial charge in [-0.2, -0.15) is 0 Å². The fourth-order valence-electron chi connectivity index (χ4n) is 2.91. The van der Waals surface area contributed by atoms with Crippen LogP contribution in [0.4, 0.5) is 0 Å². The van der Waals surface area contributed by atoms with Crippen molar-refractivity contribution in [2.24, 2.45) is 0 Å². The van der Waals surface area contributed by atoms with Crippen LogP contribution in [-0.2, 0) is 6.54 Å². The summed E-state index contributed by atoms with van der Waals surface area (Å²) in [7, 11) is 1.71. The van der Waals surface area contributed by atoms with Crippen molar-refractivity contribution in [1.82, 2.24) is 10.2 Å². The zero-order chi connectivity index (χ0) is 14.2. The third-order valence-corrected chi connectivity index (χ3v) is 4.20. The highest BCUT2D eigenvalue weighted by Gasteiger charge is 2.16. The Hall–Kier alpha value is -1.06. The highest BCUT2D eigenvalue weighted by molar-refractivity contribution is 5.28. The second kappa shape index (κ2) is 8.28. The lowest BCUT2D eigenvalue weighted by molar-refractivity contribution is 0.159. The zero-order valence-electron chi connectivity index (χ0n) is 12.9. The van der Waals surface area contributed by atoms with Gasteiger partial charge in [0.15, 0.2) is 0 Å². The summed E-state index contributed by atoms with van der Waals surface area (Å²) in [5.41, 5.74) is 1.29. The van der Waals surface area contributed by atoms with Gasteiger partial charge >= 0.3 is 0 Å². The lowest BCUT2D eigenvalue weighted by Gasteiger charge is -2.33. The Morgan fingerprint density at radius 3 is 3.05 bits per heavy atom. The van der Waals surface area contributed by atoms with E-state index in [2.05, 4.69) is 29.3 Å². The summed E-state index contributed by atoms with van der Waals surface area (Å²) in [5.74, 6) is 0.937. The minimum atomic E-state index is 0.780. The predicted octanol–water partition coefficient (Wildman–Crippen LogP) is 3.05. The summed E-state index contributed by atoms with van der Waals surface area (Å²) < 4.78 is 5.24. The van der Waals surface area contributed by atoms with Gasteiger partial charge in [0, 0.05) is 12.6 Å². The van der Waals surface area contributed by atoms with Crippen LogP contribution in [0.15, 0.2) is 24.3 Å². The molecule has 1 fully saturated rings. The number of piperidine rings is 1. The van der Waals surface area contributed by atoms with Gasteiger partial charge in [-0.3, -0.25) is 0 Å². The van der Waals surface area contributed by atoms with Crippen molar-refractivity contribution in [3.8, 4) is 5.75 Å². The SMILES string of the molecule is COc1cccc(CNCCCN2CCCC[C@@H]2C)c1. The van der Waals surface area contributed by atoms with Crippen molar-refractivity contribution in [3.63, 3.8) is 0 Å². The van der Waals surface area contributed by atoms with Crippen molar-refractivity contribution in [3.05, 3.63) is 29.8 Å². The lowest BCUT2D eigenvalue weighted by Crippen LogP contribution is -2.38. The van der Waals surface area contributed by atoms with Crippen LogP contribution in [-0.4, -0.2) is 37.7 Å². The minimum Gasteiger partial charge on any atom is -0.497 e. The standard InChI is InChI=1S/C17H28N2O/c1-15-7-3-4-11-19(15)12-6-10-18-14-16-8-5-9-17(13-16)20-2/h5,8-9,13,15,18H,3-4,6-7,10-12,14H2,1-2H3/t15-/m0/s1. The summed E-state index contributed by atoms with van der Waals surface area (Å²) in [5, 5.41) is 3.53. The van der Waals surface area contributed by atoms with Crippen molar-refractivity contribution >= 4 is 0 Å². The normalized spacial score (nSPS) is 20.0. The molecule has 0 aliphatic carbocycles. The minimum absolute atomic E-state index is 0.780. The van der Waals surface area contributed by atoms with Crippen LogP contribution in [0.5, 0.6) is 5.75 Å². The lowest BCUT2D eigenvalue weighted by atomic mass is 10.0. The van der Waals surface area contributed by atoms with E-state index in [0.29, 0.717) is 0 Å². The van der Waals surface area contributed by atoms with Crippen LogP contribution in [0.25, 0.3) is 0 Å². The van der Waals surface area contributed by atoms with Crippen LogP contribution in [0, 0.1) is 0 Å². The first-order chi connectivity index (χ1) is 9.79. The topological polar surface area (TPSA) is 24.5 Å². The van der Waals surface area contributed by atoms with Crippen LogP contribution in [0.2, 0.25) is 0 Å². The molecule has 1 aromatic carbocycles. The Kier molecular flexibility index (Phi) is 6.34. The fraction of sp³-hybridized carbons (Fsp3) is 0.647. The largest absolute Gasteiger partial charge is 0.497 e. The molecule has 3 heteroatoms. The second-order valence-electron chi connectivity index (χ2n) is 5.76. The number of likely N-dealkylation sites (tertiary alicyclic amines) is 1. The molecule has 1 saturated heterocycles. The zero-order valence-corrected chi connectivity index (χ0v) is 12.9. The summed E-state index contributed by atoms with van der Waals surface area (Å²) >= 11 is 0. The van der Waals surface area contributed by atoms with E-state index in [1.54, 1.807) is 7.11 Å². The molecule has 1 aliphatic heterocycles. The number of rotatable bonds is 7. The molecule has 2 rings (SSSR count). The molecular formula is C17H28N2O. The Balaban J connectivity index is 1.61. The van der Waals surface area contributed by atoms with E-state index in [9.17, 15) is 0 Å². The average molecular weight is 276 g/mol. The highest BCUT2D eigenvalue weighted by atomic mass is 16.5. The van der Waals surface area contributed by atoms with Gasteiger partial charge in [0.25, 0.3) is 0 Å². The number of hydrogen-bond acceptors (Lipinski definition) is 3. The molecule has 1 atom stereocenters. The van der Waals surface area contributed by atoms with Crippen LogP contribution < -0.4 is 10.1 Å². The second-order valence-corrected chi connectivity index (χ2v) is 5.76. The van der Waals surface area contributed by atoms with E-state index in [4.69, 9.17) is 4.74 Å². The molecule has 0 aromatic heterocycles. The summed E-state index contributed by atoms with van der Waals surface area (Å²) in [4.78, 5) is 2.64. The van der Waals surface area contributed by atoms with E-state index in [-0.39, 0.29) is 0 Å². The van der Waals surface area contributed by atoms with Crippen molar-refractivity contribution in [2.45, 2.75) is 45.2 Å². The number of nitrogens with zero attached hydrogens (tertiary/aromatic N) is 1. The van der Waals surface area contributed by atoms with Crippen LogP contribution in [0.1, 0.15) is 38.2 Å². The first kappa shape index (κ1) is 15.3. The third kappa shape index (κ3) is 4.80. The fourth-order valence-corrected chi connectivity index (χ4v) is 2.91. The molecule has 0 spiro atoms. The Bertz CT molecular complexity index is 394. The molecule has 1 aliphatic rings. The molecule has 3 nitrogen and oxygen atoms in total. The molecule has 0 amide bonds. The molecular weight excluding hydrogens is 248 g/mol. The first-order valence-electron chi connectivity index (χ1n) is 7.87. The van der Waals surface area contributed by atoms with E-state index in [0.717, 1.165) is 24.9 Å². The van der Waals surface area contributed by atoms with Crippen molar-refractivity contribution in [1.29, 1.82) is 0 Å². The third-order valence-electron chi connectivity index (χ3n) is 4.20. The van der Waals surface area contributed by atoms with Crippen LogP contribution >= 0.6 is 0 Å². The van der Waals surface area contributed by atoms with Gasteiger partial charge in [-0.1, -0.05) is 18.6 Å². The number of ether oxygens (including phenoxy) is 1. The summed E-state index contributed by atoms with van der Waals surface area (Å²) in [6.07, 6.45) is 5.39. The Labute approximate surface area is 123 Å².